The quantitative estimate of drug-likeness (QED) is 0.360. The summed E-state index contributed by atoms with van der Waals surface area (Å²) in [5.74, 6) is 0. The Labute approximate surface area is 69.1 Å². The van der Waals surface area contributed by atoms with Crippen molar-refractivity contribution in [3.8, 4) is 0 Å². The molecular formula is C2H6O2Sr. The summed E-state index contributed by atoms with van der Waals surface area (Å²) in [7, 11) is 1.50. The fourth-order valence-corrected chi connectivity index (χ4v) is 0. The Bertz CT molecular complexity index is 7.61. The molecule has 0 aliphatic rings. The van der Waals surface area contributed by atoms with Crippen LogP contribution in [0.25, 0.3) is 0 Å². The molecule has 28 valence electrons. The van der Waals surface area contributed by atoms with E-state index in [-0.39, 0.29) is 45.5 Å². The summed E-state index contributed by atoms with van der Waals surface area (Å²) in [6.07, 6.45) is 0. The van der Waals surface area contributed by atoms with Crippen LogP contribution in [0.1, 0.15) is 0 Å². The molecule has 0 aromatic rings. The van der Waals surface area contributed by atoms with Gasteiger partial charge in [-0.05, 0) is 0 Å². The largest absolute Gasteiger partial charge is 2.00 e. The standard InChI is InChI=1S/2CH3O.Sr/c2*1-2;/h2*1H3;/q2*-1;+2. The van der Waals surface area contributed by atoms with Crippen LogP contribution in [0.5, 0.6) is 0 Å². The SMILES string of the molecule is C[O-].C[O-].[Sr+2]. The first-order valence-electron chi connectivity index (χ1n) is 0.816. The molecule has 0 heterocycles. The molecule has 0 aromatic heterocycles. The Morgan fingerprint density at radius 1 is 0.800 bits per heavy atom. The third-order valence-electron chi connectivity index (χ3n) is 0. The molecule has 0 bridgehead atoms. The van der Waals surface area contributed by atoms with Crippen LogP contribution in [-0.2, 0) is 0 Å². The van der Waals surface area contributed by atoms with Crippen molar-refractivity contribution in [1.82, 2.24) is 0 Å². The zero-order chi connectivity index (χ0) is 4.00. The van der Waals surface area contributed by atoms with Crippen LogP contribution in [-0.4, -0.2) is 59.7 Å². The van der Waals surface area contributed by atoms with E-state index in [1.165, 1.54) is 0 Å². The predicted octanol–water partition coefficient (Wildman–Crippen LogP) is -2.43. The van der Waals surface area contributed by atoms with Crippen molar-refractivity contribution in [3.63, 3.8) is 0 Å². The van der Waals surface area contributed by atoms with Gasteiger partial charge in [0.25, 0.3) is 0 Å². The fraction of sp³-hybridized carbons (Fsp3) is 1.00. The molecule has 2 nitrogen and oxygen atoms in total. The first-order chi connectivity index (χ1) is 2.00. The zero-order valence-corrected chi connectivity index (χ0v) is 7.00. The Balaban J connectivity index is -0.0000000133. The van der Waals surface area contributed by atoms with E-state index in [9.17, 15) is 0 Å². The van der Waals surface area contributed by atoms with Crippen LogP contribution in [0.3, 0.4) is 0 Å². The Morgan fingerprint density at radius 2 is 0.800 bits per heavy atom. The van der Waals surface area contributed by atoms with E-state index in [4.69, 9.17) is 10.2 Å². The Morgan fingerprint density at radius 3 is 0.800 bits per heavy atom. The molecular weight excluding hydrogens is 144 g/mol. The second kappa shape index (κ2) is 53.3. The van der Waals surface area contributed by atoms with Gasteiger partial charge in [-0.3, -0.25) is 0 Å². The molecule has 0 fully saturated rings. The van der Waals surface area contributed by atoms with Crippen molar-refractivity contribution in [2.75, 3.05) is 14.2 Å². The summed E-state index contributed by atoms with van der Waals surface area (Å²) >= 11 is 0. The van der Waals surface area contributed by atoms with Crippen LogP contribution < -0.4 is 10.2 Å². The molecule has 0 amide bonds. The van der Waals surface area contributed by atoms with Gasteiger partial charge < -0.3 is 10.2 Å². The number of hydrogen-bond donors (Lipinski definition) is 0. The number of rotatable bonds is 0. The molecule has 0 aliphatic carbocycles. The first kappa shape index (κ1) is 16.1. The van der Waals surface area contributed by atoms with Gasteiger partial charge in [-0.15, -0.1) is 0 Å². The van der Waals surface area contributed by atoms with Gasteiger partial charge in [-0.1, -0.05) is 0 Å². The topological polar surface area (TPSA) is 46.1 Å². The molecule has 0 aliphatic heterocycles. The molecule has 0 radical (unpaired) electrons. The minimum absolute atomic E-state index is 0. The van der Waals surface area contributed by atoms with Gasteiger partial charge >= 0.3 is 45.5 Å². The van der Waals surface area contributed by atoms with Gasteiger partial charge in [0.1, 0.15) is 0 Å². The number of hydrogen-bond acceptors (Lipinski definition) is 2. The molecule has 0 spiro atoms. The van der Waals surface area contributed by atoms with E-state index < -0.39 is 0 Å². The maximum absolute atomic E-state index is 8.25. The van der Waals surface area contributed by atoms with Crippen LogP contribution in [0.4, 0.5) is 0 Å². The van der Waals surface area contributed by atoms with E-state index in [0.717, 1.165) is 14.2 Å². The molecule has 3 heteroatoms. The van der Waals surface area contributed by atoms with Gasteiger partial charge in [0.2, 0.25) is 0 Å². The second-order valence-electron chi connectivity index (χ2n) is 0. The van der Waals surface area contributed by atoms with Crippen molar-refractivity contribution in [3.05, 3.63) is 0 Å². The van der Waals surface area contributed by atoms with Crippen molar-refractivity contribution >= 4 is 45.5 Å². The first-order valence-corrected chi connectivity index (χ1v) is 0.816. The normalized spacial score (nSPS) is 2.40. The summed E-state index contributed by atoms with van der Waals surface area (Å²) < 4.78 is 0. The molecule has 0 aromatic carbocycles. The molecule has 0 unspecified atom stereocenters. The second-order valence-corrected chi connectivity index (χ2v) is 0. The van der Waals surface area contributed by atoms with Gasteiger partial charge in [-0.25, -0.2) is 0 Å². The minimum atomic E-state index is 0. The van der Waals surface area contributed by atoms with Crippen molar-refractivity contribution in [1.29, 1.82) is 0 Å². The van der Waals surface area contributed by atoms with E-state index >= 15 is 0 Å². The van der Waals surface area contributed by atoms with Crippen LogP contribution in [0.2, 0.25) is 0 Å². The summed E-state index contributed by atoms with van der Waals surface area (Å²) in [6, 6.07) is 0. The van der Waals surface area contributed by atoms with Crippen molar-refractivity contribution in [2.45, 2.75) is 0 Å². The Kier molecular flexibility index (Phi) is 172. The molecule has 0 rings (SSSR count). The van der Waals surface area contributed by atoms with Gasteiger partial charge in [0, 0.05) is 0 Å². The van der Waals surface area contributed by atoms with Crippen LogP contribution in [0, 0.1) is 0 Å². The van der Waals surface area contributed by atoms with Gasteiger partial charge in [-0.2, -0.15) is 14.2 Å². The summed E-state index contributed by atoms with van der Waals surface area (Å²) in [5.41, 5.74) is 0. The molecule has 0 saturated heterocycles. The molecule has 0 saturated carbocycles. The summed E-state index contributed by atoms with van der Waals surface area (Å²) in [6.45, 7) is 0. The van der Waals surface area contributed by atoms with Crippen LogP contribution in [0.15, 0.2) is 0 Å². The van der Waals surface area contributed by atoms with Gasteiger partial charge in [0.15, 0.2) is 0 Å². The van der Waals surface area contributed by atoms with E-state index in [2.05, 4.69) is 0 Å². The summed E-state index contributed by atoms with van der Waals surface area (Å²) in [5, 5.41) is 16.5. The average Bonchev–Trinajstić information content (AvgIpc) is 1.50. The van der Waals surface area contributed by atoms with E-state index in [1.807, 2.05) is 0 Å². The maximum Gasteiger partial charge on any atom is 2.00 e. The van der Waals surface area contributed by atoms with Gasteiger partial charge in [0.05, 0.1) is 0 Å². The van der Waals surface area contributed by atoms with Crippen LogP contribution >= 0.6 is 0 Å². The van der Waals surface area contributed by atoms with E-state index in [1.54, 1.807) is 0 Å². The maximum atomic E-state index is 8.25. The monoisotopic (exact) mass is 150 g/mol. The fourth-order valence-electron chi connectivity index (χ4n) is 0. The third-order valence-corrected chi connectivity index (χ3v) is 0. The zero-order valence-electron chi connectivity index (χ0n) is 3.52. The smallest absolute Gasteiger partial charge is 0.857 e. The van der Waals surface area contributed by atoms with E-state index in [0.29, 0.717) is 0 Å². The van der Waals surface area contributed by atoms with Crippen molar-refractivity contribution < 1.29 is 10.2 Å². The third kappa shape index (κ3) is 31.8. The average molecular weight is 150 g/mol. The van der Waals surface area contributed by atoms with Crippen molar-refractivity contribution in [2.24, 2.45) is 0 Å². The summed E-state index contributed by atoms with van der Waals surface area (Å²) in [4.78, 5) is 0. The molecule has 5 heavy (non-hydrogen) atoms. The molecule has 0 N–H and O–H groups in total. The predicted molar refractivity (Wildman–Crippen MR) is 17.6 cm³/mol. The minimum Gasteiger partial charge on any atom is -0.857 e. The Hall–Kier alpha value is 1.40. The molecule has 0 atom stereocenters.